The molecular formula is C22H26N4OS. The van der Waals surface area contributed by atoms with Crippen LogP contribution in [0.2, 0.25) is 0 Å². The molecule has 0 aliphatic carbocycles. The number of nitrogens with one attached hydrogen (secondary N) is 1. The molecule has 28 heavy (non-hydrogen) atoms. The molecule has 5 nitrogen and oxygen atoms in total. The SMILES string of the molecule is Cc1nc2ccc(N[C@@H](C)C(=O)N3CCN(Cc4ccccc4)CC3)cc2s1. The smallest absolute Gasteiger partial charge is 0.244 e. The van der Waals surface area contributed by atoms with Crippen molar-refractivity contribution in [1.82, 2.24) is 14.8 Å². The van der Waals surface area contributed by atoms with Crippen molar-refractivity contribution in [2.75, 3.05) is 31.5 Å². The second-order valence-corrected chi connectivity index (χ2v) is 8.60. The monoisotopic (exact) mass is 394 g/mol. The van der Waals surface area contributed by atoms with Gasteiger partial charge >= 0.3 is 0 Å². The van der Waals surface area contributed by atoms with Crippen LogP contribution in [0.3, 0.4) is 0 Å². The number of hydrogen-bond donors (Lipinski definition) is 1. The predicted octanol–water partition coefficient (Wildman–Crippen LogP) is 3.75. The molecule has 6 heteroatoms. The van der Waals surface area contributed by atoms with Crippen LogP contribution in [0.4, 0.5) is 5.69 Å². The molecule has 2 aromatic carbocycles. The number of anilines is 1. The molecule has 0 spiro atoms. The molecule has 0 radical (unpaired) electrons. The van der Waals surface area contributed by atoms with Gasteiger partial charge in [0.25, 0.3) is 0 Å². The van der Waals surface area contributed by atoms with E-state index in [1.165, 1.54) is 5.56 Å². The number of piperazine rings is 1. The highest BCUT2D eigenvalue weighted by atomic mass is 32.1. The van der Waals surface area contributed by atoms with Gasteiger partial charge in [0.2, 0.25) is 5.91 Å². The Kier molecular flexibility index (Phi) is 5.59. The van der Waals surface area contributed by atoms with E-state index in [-0.39, 0.29) is 11.9 Å². The Hall–Kier alpha value is -2.44. The lowest BCUT2D eigenvalue weighted by molar-refractivity contribution is -0.133. The molecule has 1 aliphatic rings. The third kappa shape index (κ3) is 4.34. The molecule has 1 aromatic heterocycles. The largest absolute Gasteiger partial charge is 0.374 e. The Labute approximate surface area is 170 Å². The van der Waals surface area contributed by atoms with Crippen LogP contribution in [0.5, 0.6) is 0 Å². The molecule has 146 valence electrons. The Balaban J connectivity index is 1.31. The third-order valence-electron chi connectivity index (χ3n) is 5.18. The predicted molar refractivity (Wildman–Crippen MR) is 116 cm³/mol. The van der Waals surface area contributed by atoms with Crippen LogP contribution in [0.25, 0.3) is 10.2 Å². The molecule has 1 atom stereocenters. The van der Waals surface area contributed by atoms with Gasteiger partial charge in [-0.25, -0.2) is 4.98 Å². The Morgan fingerprint density at radius 2 is 1.89 bits per heavy atom. The molecule has 0 saturated carbocycles. The maximum Gasteiger partial charge on any atom is 0.244 e. The first-order valence-electron chi connectivity index (χ1n) is 9.77. The van der Waals surface area contributed by atoms with Crippen molar-refractivity contribution in [2.24, 2.45) is 0 Å². The number of hydrogen-bond acceptors (Lipinski definition) is 5. The summed E-state index contributed by atoms with van der Waals surface area (Å²) in [5.74, 6) is 0.167. The highest BCUT2D eigenvalue weighted by Gasteiger charge is 2.25. The van der Waals surface area contributed by atoms with Crippen LogP contribution < -0.4 is 5.32 Å². The fraction of sp³-hybridized carbons (Fsp3) is 0.364. The fourth-order valence-electron chi connectivity index (χ4n) is 3.68. The van der Waals surface area contributed by atoms with Crippen molar-refractivity contribution in [1.29, 1.82) is 0 Å². The second-order valence-electron chi connectivity index (χ2n) is 7.37. The van der Waals surface area contributed by atoms with Crippen LogP contribution in [-0.2, 0) is 11.3 Å². The van der Waals surface area contributed by atoms with E-state index in [0.717, 1.165) is 53.6 Å². The normalized spacial score (nSPS) is 16.3. The van der Waals surface area contributed by atoms with Crippen molar-refractivity contribution in [3.63, 3.8) is 0 Å². The summed E-state index contributed by atoms with van der Waals surface area (Å²) >= 11 is 1.68. The number of carbonyl (C=O) groups is 1. The zero-order valence-corrected chi connectivity index (χ0v) is 17.2. The lowest BCUT2D eigenvalue weighted by atomic mass is 10.2. The van der Waals surface area contributed by atoms with Gasteiger partial charge in [-0.15, -0.1) is 11.3 Å². The van der Waals surface area contributed by atoms with E-state index in [2.05, 4.69) is 45.5 Å². The van der Waals surface area contributed by atoms with Gasteiger partial charge in [-0.1, -0.05) is 30.3 Å². The van der Waals surface area contributed by atoms with E-state index in [1.807, 2.05) is 36.9 Å². The number of benzene rings is 2. The van der Waals surface area contributed by atoms with Crippen LogP contribution in [-0.4, -0.2) is 52.9 Å². The molecule has 1 saturated heterocycles. The minimum atomic E-state index is -0.243. The van der Waals surface area contributed by atoms with Gasteiger partial charge in [0.05, 0.1) is 15.2 Å². The summed E-state index contributed by atoms with van der Waals surface area (Å²) in [7, 11) is 0. The van der Waals surface area contributed by atoms with Gasteiger partial charge in [0, 0.05) is 38.4 Å². The molecule has 0 unspecified atom stereocenters. The lowest BCUT2D eigenvalue weighted by Gasteiger charge is -2.36. The number of thiazole rings is 1. The first kappa shape index (κ1) is 18.9. The molecule has 3 aromatic rings. The summed E-state index contributed by atoms with van der Waals surface area (Å²) in [4.78, 5) is 21.8. The van der Waals surface area contributed by atoms with E-state index in [1.54, 1.807) is 11.3 Å². The number of rotatable bonds is 5. The maximum atomic E-state index is 12.9. The van der Waals surface area contributed by atoms with Crippen molar-refractivity contribution in [3.05, 3.63) is 59.1 Å². The molecule has 1 aliphatic heterocycles. The highest BCUT2D eigenvalue weighted by molar-refractivity contribution is 7.18. The Morgan fingerprint density at radius 1 is 1.14 bits per heavy atom. The molecule has 2 heterocycles. The van der Waals surface area contributed by atoms with E-state index >= 15 is 0 Å². The summed E-state index contributed by atoms with van der Waals surface area (Å²) in [6, 6.07) is 16.4. The van der Waals surface area contributed by atoms with E-state index in [4.69, 9.17) is 0 Å². The Morgan fingerprint density at radius 3 is 2.64 bits per heavy atom. The summed E-state index contributed by atoms with van der Waals surface area (Å²) < 4.78 is 1.15. The van der Waals surface area contributed by atoms with Crippen molar-refractivity contribution in [3.8, 4) is 0 Å². The maximum absolute atomic E-state index is 12.9. The molecule has 1 N–H and O–H groups in total. The van der Waals surface area contributed by atoms with Crippen LogP contribution >= 0.6 is 11.3 Å². The summed E-state index contributed by atoms with van der Waals surface area (Å²) in [5.41, 5.74) is 3.31. The first-order valence-corrected chi connectivity index (χ1v) is 10.6. The average molecular weight is 395 g/mol. The van der Waals surface area contributed by atoms with E-state index in [0.29, 0.717) is 0 Å². The first-order chi connectivity index (χ1) is 13.6. The number of amides is 1. The molecular weight excluding hydrogens is 368 g/mol. The minimum absolute atomic E-state index is 0.167. The fourth-order valence-corrected chi connectivity index (χ4v) is 4.55. The van der Waals surface area contributed by atoms with Gasteiger partial charge < -0.3 is 10.2 Å². The quantitative estimate of drug-likeness (QED) is 0.716. The average Bonchev–Trinajstić information content (AvgIpc) is 3.08. The number of fused-ring (bicyclic) bond motifs is 1. The third-order valence-corrected chi connectivity index (χ3v) is 6.12. The minimum Gasteiger partial charge on any atom is -0.374 e. The van der Waals surface area contributed by atoms with Crippen LogP contribution in [0.1, 0.15) is 17.5 Å². The van der Waals surface area contributed by atoms with Gasteiger partial charge in [0.1, 0.15) is 6.04 Å². The molecule has 4 rings (SSSR count). The lowest BCUT2D eigenvalue weighted by Crippen LogP contribution is -2.51. The molecule has 1 amide bonds. The van der Waals surface area contributed by atoms with E-state index < -0.39 is 0 Å². The number of aromatic nitrogens is 1. The van der Waals surface area contributed by atoms with Gasteiger partial charge in [-0.3, -0.25) is 9.69 Å². The molecule has 1 fully saturated rings. The molecule has 0 bridgehead atoms. The Bertz CT molecular complexity index is 948. The van der Waals surface area contributed by atoms with Crippen LogP contribution in [0, 0.1) is 6.92 Å². The topological polar surface area (TPSA) is 48.5 Å². The van der Waals surface area contributed by atoms with E-state index in [9.17, 15) is 4.79 Å². The number of aryl methyl sites for hydroxylation is 1. The van der Waals surface area contributed by atoms with Crippen LogP contribution in [0.15, 0.2) is 48.5 Å². The summed E-state index contributed by atoms with van der Waals surface area (Å²) in [5, 5.41) is 4.43. The zero-order chi connectivity index (χ0) is 19.5. The summed E-state index contributed by atoms with van der Waals surface area (Å²) in [6.07, 6.45) is 0. The van der Waals surface area contributed by atoms with Crippen molar-refractivity contribution < 1.29 is 4.79 Å². The second kappa shape index (κ2) is 8.29. The standard InChI is InChI=1S/C22H26N4OS/c1-16(23-19-8-9-20-21(14-19)28-17(2)24-20)22(27)26-12-10-25(11-13-26)15-18-6-4-3-5-7-18/h3-9,14,16,23H,10-13,15H2,1-2H3/t16-/m0/s1. The zero-order valence-electron chi connectivity index (χ0n) is 16.4. The summed E-state index contributed by atoms with van der Waals surface area (Å²) in [6.45, 7) is 8.31. The van der Waals surface area contributed by atoms with Gasteiger partial charge in [0.15, 0.2) is 0 Å². The highest BCUT2D eigenvalue weighted by Crippen LogP contribution is 2.25. The number of nitrogens with zero attached hydrogens (tertiary/aromatic N) is 3. The van der Waals surface area contributed by atoms with Gasteiger partial charge in [-0.05, 0) is 37.6 Å². The van der Waals surface area contributed by atoms with Gasteiger partial charge in [-0.2, -0.15) is 0 Å². The number of carbonyl (C=O) groups excluding carboxylic acids is 1. The van der Waals surface area contributed by atoms with Crippen molar-refractivity contribution in [2.45, 2.75) is 26.4 Å². The van der Waals surface area contributed by atoms with Crippen molar-refractivity contribution >= 4 is 33.1 Å².